The van der Waals surface area contributed by atoms with E-state index in [1.807, 2.05) is 19.1 Å². The van der Waals surface area contributed by atoms with Gasteiger partial charge in [-0.3, -0.25) is 9.36 Å². The third-order valence-electron chi connectivity index (χ3n) is 2.38. The van der Waals surface area contributed by atoms with E-state index in [4.69, 9.17) is 0 Å². The summed E-state index contributed by atoms with van der Waals surface area (Å²) in [5.74, 6) is 0. The van der Waals surface area contributed by atoms with E-state index in [-0.39, 0.29) is 5.56 Å². The predicted octanol–water partition coefficient (Wildman–Crippen LogP) is 1.89. The van der Waals surface area contributed by atoms with Gasteiger partial charge in [-0.15, -0.1) is 6.58 Å². The summed E-state index contributed by atoms with van der Waals surface area (Å²) in [5.41, 5.74) is 1.79. The molecule has 15 heavy (non-hydrogen) atoms. The first-order valence-corrected chi connectivity index (χ1v) is 4.79. The van der Waals surface area contributed by atoms with Crippen molar-refractivity contribution >= 4 is 10.9 Å². The van der Waals surface area contributed by atoms with E-state index < -0.39 is 0 Å². The molecule has 0 unspecified atom stereocenters. The highest BCUT2D eigenvalue weighted by Gasteiger charge is 2.03. The Morgan fingerprint density at radius 2 is 2.33 bits per heavy atom. The van der Waals surface area contributed by atoms with Crippen molar-refractivity contribution < 1.29 is 0 Å². The van der Waals surface area contributed by atoms with E-state index in [0.29, 0.717) is 11.9 Å². The average molecular weight is 200 g/mol. The second-order valence-corrected chi connectivity index (χ2v) is 3.46. The monoisotopic (exact) mass is 200 g/mol. The summed E-state index contributed by atoms with van der Waals surface area (Å²) in [7, 11) is 0. The third kappa shape index (κ3) is 1.56. The van der Waals surface area contributed by atoms with Crippen molar-refractivity contribution in [2.24, 2.45) is 0 Å². The summed E-state index contributed by atoms with van der Waals surface area (Å²) in [6.45, 7) is 6.05. The first kappa shape index (κ1) is 9.65. The Morgan fingerprint density at radius 3 is 3.07 bits per heavy atom. The van der Waals surface area contributed by atoms with Gasteiger partial charge in [0.1, 0.15) is 0 Å². The maximum absolute atomic E-state index is 11.9. The largest absolute Gasteiger partial charge is 0.295 e. The highest BCUT2D eigenvalue weighted by Crippen LogP contribution is 2.10. The number of nitrogens with zero attached hydrogens (tertiary/aromatic N) is 2. The molecule has 0 aliphatic rings. The van der Waals surface area contributed by atoms with Gasteiger partial charge in [0, 0.05) is 6.54 Å². The van der Waals surface area contributed by atoms with Crippen molar-refractivity contribution in [3.8, 4) is 0 Å². The van der Waals surface area contributed by atoms with Crippen LogP contribution in [0.5, 0.6) is 0 Å². The maximum atomic E-state index is 11.9. The van der Waals surface area contributed by atoms with Gasteiger partial charge in [0.15, 0.2) is 0 Å². The molecular weight excluding hydrogens is 188 g/mol. The summed E-state index contributed by atoms with van der Waals surface area (Å²) in [6.07, 6.45) is 3.25. The van der Waals surface area contributed by atoms with Crippen molar-refractivity contribution in [2.45, 2.75) is 13.5 Å². The fourth-order valence-electron chi connectivity index (χ4n) is 1.61. The standard InChI is InChI=1S/C12H12N2O/c1-3-7-14-8-13-11-9(2)5-4-6-10(11)12(14)15/h3-6,8H,1,7H2,2H3. The fourth-order valence-corrected chi connectivity index (χ4v) is 1.61. The molecule has 2 aromatic rings. The summed E-state index contributed by atoms with van der Waals surface area (Å²) in [6, 6.07) is 5.63. The molecule has 1 aromatic carbocycles. The Labute approximate surface area is 87.7 Å². The van der Waals surface area contributed by atoms with Crippen LogP contribution in [-0.4, -0.2) is 9.55 Å². The van der Waals surface area contributed by atoms with Crippen LogP contribution in [0.4, 0.5) is 0 Å². The first-order chi connectivity index (χ1) is 7.24. The second-order valence-electron chi connectivity index (χ2n) is 3.46. The first-order valence-electron chi connectivity index (χ1n) is 4.79. The zero-order valence-corrected chi connectivity index (χ0v) is 8.60. The van der Waals surface area contributed by atoms with E-state index in [2.05, 4.69) is 11.6 Å². The summed E-state index contributed by atoms with van der Waals surface area (Å²) < 4.78 is 1.55. The molecule has 0 fully saturated rings. The molecular formula is C12H12N2O. The van der Waals surface area contributed by atoms with Crippen molar-refractivity contribution in [1.29, 1.82) is 0 Å². The molecule has 3 heteroatoms. The van der Waals surface area contributed by atoms with Crippen LogP contribution in [0, 0.1) is 6.92 Å². The third-order valence-corrected chi connectivity index (χ3v) is 2.38. The van der Waals surface area contributed by atoms with E-state index in [1.165, 1.54) is 0 Å². The molecule has 0 amide bonds. The Balaban J connectivity index is 2.80. The summed E-state index contributed by atoms with van der Waals surface area (Å²) >= 11 is 0. The van der Waals surface area contributed by atoms with E-state index in [0.717, 1.165) is 11.1 Å². The number of hydrogen-bond acceptors (Lipinski definition) is 2. The summed E-state index contributed by atoms with van der Waals surface area (Å²) in [5, 5.41) is 0.666. The number of fused-ring (bicyclic) bond motifs is 1. The van der Waals surface area contributed by atoms with Crippen LogP contribution < -0.4 is 5.56 Å². The SMILES string of the molecule is C=CCn1cnc2c(C)cccc2c1=O. The molecule has 0 saturated carbocycles. The normalized spacial score (nSPS) is 10.5. The summed E-state index contributed by atoms with van der Waals surface area (Å²) in [4.78, 5) is 16.2. The van der Waals surface area contributed by atoms with Gasteiger partial charge in [0.25, 0.3) is 5.56 Å². The zero-order valence-electron chi connectivity index (χ0n) is 8.60. The smallest absolute Gasteiger partial charge is 0.261 e. The van der Waals surface area contributed by atoms with Gasteiger partial charge in [-0.2, -0.15) is 0 Å². The molecule has 1 heterocycles. The van der Waals surface area contributed by atoms with Crippen molar-refractivity contribution in [3.63, 3.8) is 0 Å². The molecule has 0 aliphatic heterocycles. The Bertz CT molecular complexity index is 569. The lowest BCUT2D eigenvalue weighted by Gasteiger charge is -2.04. The second kappa shape index (κ2) is 3.69. The molecule has 0 saturated heterocycles. The van der Waals surface area contributed by atoms with Gasteiger partial charge in [0.2, 0.25) is 0 Å². The predicted molar refractivity (Wildman–Crippen MR) is 60.9 cm³/mol. The molecule has 0 N–H and O–H groups in total. The lowest BCUT2D eigenvalue weighted by atomic mass is 10.1. The fraction of sp³-hybridized carbons (Fsp3) is 0.167. The highest BCUT2D eigenvalue weighted by atomic mass is 16.1. The molecule has 3 nitrogen and oxygen atoms in total. The molecule has 76 valence electrons. The molecule has 0 radical (unpaired) electrons. The van der Waals surface area contributed by atoms with Crippen molar-refractivity contribution in [1.82, 2.24) is 9.55 Å². The number of hydrogen-bond donors (Lipinski definition) is 0. The van der Waals surface area contributed by atoms with E-state index in [1.54, 1.807) is 23.0 Å². The minimum Gasteiger partial charge on any atom is -0.295 e. The Hall–Kier alpha value is -1.90. The average Bonchev–Trinajstić information content (AvgIpc) is 2.23. The van der Waals surface area contributed by atoms with Crippen LogP contribution in [0.1, 0.15) is 5.56 Å². The molecule has 0 aliphatic carbocycles. The van der Waals surface area contributed by atoms with Crippen LogP contribution in [0.25, 0.3) is 10.9 Å². The van der Waals surface area contributed by atoms with Gasteiger partial charge in [-0.25, -0.2) is 4.98 Å². The molecule has 0 spiro atoms. The lowest BCUT2D eigenvalue weighted by molar-refractivity contribution is 0.767. The minimum absolute atomic E-state index is 0.0106. The van der Waals surface area contributed by atoms with Crippen LogP contribution in [0.15, 0.2) is 42.0 Å². The van der Waals surface area contributed by atoms with Gasteiger partial charge >= 0.3 is 0 Å². The number of aromatic nitrogens is 2. The number of allylic oxidation sites excluding steroid dienone is 1. The zero-order chi connectivity index (χ0) is 10.8. The van der Waals surface area contributed by atoms with Crippen molar-refractivity contribution in [3.05, 3.63) is 53.1 Å². The quantitative estimate of drug-likeness (QED) is 0.694. The van der Waals surface area contributed by atoms with Crippen LogP contribution >= 0.6 is 0 Å². The maximum Gasteiger partial charge on any atom is 0.261 e. The molecule has 2 rings (SSSR count). The van der Waals surface area contributed by atoms with Crippen molar-refractivity contribution in [2.75, 3.05) is 0 Å². The van der Waals surface area contributed by atoms with Gasteiger partial charge in [-0.05, 0) is 18.6 Å². The Kier molecular flexibility index (Phi) is 2.37. The molecule has 0 bridgehead atoms. The van der Waals surface area contributed by atoms with Crippen LogP contribution in [0.2, 0.25) is 0 Å². The van der Waals surface area contributed by atoms with Gasteiger partial charge < -0.3 is 0 Å². The minimum atomic E-state index is -0.0106. The topological polar surface area (TPSA) is 34.9 Å². The lowest BCUT2D eigenvalue weighted by Crippen LogP contribution is -2.19. The van der Waals surface area contributed by atoms with Gasteiger partial charge in [0.05, 0.1) is 17.2 Å². The highest BCUT2D eigenvalue weighted by molar-refractivity contribution is 5.80. The number of rotatable bonds is 2. The number of benzene rings is 1. The van der Waals surface area contributed by atoms with E-state index >= 15 is 0 Å². The van der Waals surface area contributed by atoms with Crippen LogP contribution in [-0.2, 0) is 6.54 Å². The molecule has 1 aromatic heterocycles. The van der Waals surface area contributed by atoms with Gasteiger partial charge in [-0.1, -0.05) is 18.2 Å². The van der Waals surface area contributed by atoms with E-state index in [9.17, 15) is 4.79 Å². The Morgan fingerprint density at radius 1 is 1.53 bits per heavy atom. The molecule has 0 atom stereocenters. The van der Waals surface area contributed by atoms with Crippen LogP contribution in [0.3, 0.4) is 0 Å². The number of para-hydroxylation sites is 1. The number of aryl methyl sites for hydroxylation is 1.